The molecule has 1 aliphatic rings. The molecule has 0 saturated heterocycles. The molecule has 106 valence electrons. The highest BCUT2D eigenvalue weighted by atomic mass is 16.5. The van der Waals surface area contributed by atoms with Crippen molar-refractivity contribution in [3.05, 3.63) is 29.8 Å². The van der Waals surface area contributed by atoms with E-state index in [1.54, 1.807) is 7.11 Å². The van der Waals surface area contributed by atoms with Crippen LogP contribution < -0.4 is 5.32 Å². The molecule has 2 rings (SSSR count). The Balaban J connectivity index is 1.94. The van der Waals surface area contributed by atoms with Crippen molar-refractivity contribution in [1.29, 1.82) is 0 Å². The summed E-state index contributed by atoms with van der Waals surface area (Å²) in [6, 6.07) is 8.31. The van der Waals surface area contributed by atoms with Crippen LogP contribution in [0.15, 0.2) is 24.3 Å². The van der Waals surface area contributed by atoms with E-state index in [1.165, 1.54) is 24.8 Å². The van der Waals surface area contributed by atoms with Crippen LogP contribution in [0.2, 0.25) is 0 Å². The lowest BCUT2D eigenvalue weighted by atomic mass is 9.74. The summed E-state index contributed by atoms with van der Waals surface area (Å²) in [7, 11) is 1.71. The van der Waals surface area contributed by atoms with E-state index in [2.05, 4.69) is 23.5 Å². The molecule has 1 aliphatic carbocycles. The molecule has 0 heterocycles. The Morgan fingerprint density at radius 2 is 2.05 bits per heavy atom. The van der Waals surface area contributed by atoms with Crippen LogP contribution in [0, 0.1) is 5.41 Å². The molecule has 3 nitrogen and oxygen atoms in total. The zero-order chi connectivity index (χ0) is 13.6. The van der Waals surface area contributed by atoms with Gasteiger partial charge >= 0.3 is 0 Å². The van der Waals surface area contributed by atoms with E-state index in [9.17, 15) is 5.11 Å². The first-order valence-corrected chi connectivity index (χ1v) is 7.21. The number of aliphatic hydroxyl groups excluding tert-OH is 1. The van der Waals surface area contributed by atoms with Crippen molar-refractivity contribution in [2.24, 2.45) is 5.41 Å². The van der Waals surface area contributed by atoms with Gasteiger partial charge in [-0.05, 0) is 30.5 Å². The number of anilines is 1. The largest absolute Gasteiger partial charge is 0.396 e. The smallest absolute Gasteiger partial charge is 0.0713 e. The molecule has 2 N–H and O–H groups in total. The molecule has 0 aromatic heterocycles. The Morgan fingerprint density at radius 1 is 1.26 bits per heavy atom. The van der Waals surface area contributed by atoms with Gasteiger partial charge in [0.15, 0.2) is 0 Å². The van der Waals surface area contributed by atoms with Crippen molar-refractivity contribution in [2.45, 2.75) is 38.7 Å². The van der Waals surface area contributed by atoms with Crippen molar-refractivity contribution >= 4 is 5.69 Å². The van der Waals surface area contributed by atoms with Gasteiger partial charge in [0, 0.05) is 24.8 Å². The molecule has 1 fully saturated rings. The van der Waals surface area contributed by atoms with Crippen molar-refractivity contribution in [2.75, 3.05) is 25.6 Å². The number of benzene rings is 1. The molecule has 0 bridgehead atoms. The van der Waals surface area contributed by atoms with Crippen LogP contribution in [0.3, 0.4) is 0 Å². The molecular formula is C16H25NO2. The Hall–Kier alpha value is -1.06. The zero-order valence-electron chi connectivity index (χ0n) is 11.8. The minimum atomic E-state index is 0.0789. The second-order valence-corrected chi connectivity index (χ2v) is 5.71. The summed E-state index contributed by atoms with van der Waals surface area (Å²) in [5.74, 6) is 0. The van der Waals surface area contributed by atoms with Crippen LogP contribution in [-0.2, 0) is 11.3 Å². The van der Waals surface area contributed by atoms with E-state index in [4.69, 9.17) is 4.74 Å². The molecule has 0 spiro atoms. The molecular weight excluding hydrogens is 238 g/mol. The summed E-state index contributed by atoms with van der Waals surface area (Å²) in [4.78, 5) is 0. The lowest BCUT2D eigenvalue weighted by Gasteiger charge is -2.36. The van der Waals surface area contributed by atoms with Gasteiger partial charge in [-0.15, -0.1) is 0 Å². The number of rotatable bonds is 6. The highest BCUT2D eigenvalue weighted by Gasteiger charge is 2.30. The highest BCUT2D eigenvalue weighted by Crippen LogP contribution is 2.36. The van der Waals surface area contributed by atoms with Crippen molar-refractivity contribution in [1.82, 2.24) is 0 Å². The average molecular weight is 263 g/mol. The standard InChI is InChI=1S/C16H25NO2/c1-19-11-14-6-5-7-15(10-14)17-12-16(13-18)8-3-2-4-9-16/h5-7,10,17-18H,2-4,8-9,11-13H2,1H3. The number of ether oxygens (including phenoxy) is 1. The van der Waals surface area contributed by atoms with Crippen molar-refractivity contribution in [3.8, 4) is 0 Å². The summed E-state index contributed by atoms with van der Waals surface area (Å²) in [5.41, 5.74) is 2.37. The fraction of sp³-hybridized carbons (Fsp3) is 0.625. The van der Waals surface area contributed by atoms with Crippen LogP contribution >= 0.6 is 0 Å². The van der Waals surface area contributed by atoms with Crippen molar-refractivity contribution in [3.63, 3.8) is 0 Å². The molecule has 0 unspecified atom stereocenters. The van der Waals surface area contributed by atoms with Gasteiger partial charge in [0.2, 0.25) is 0 Å². The SMILES string of the molecule is COCc1cccc(NCC2(CO)CCCCC2)c1. The quantitative estimate of drug-likeness (QED) is 0.828. The topological polar surface area (TPSA) is 41.5 Å². The van der Waals surface area contributed by atoms with Crippen LogP contribution in [0.1, 0.15) is 37.7 Å². The Kier molecular flexibility index (Phi) is 5.23. The lowest BCUT2D eigenvalue weighted by Crippen LogP contribution is -2.35. The van der Waals surface area contributed by atoms with Crippen LogP contribution in [0.4, 0.5) is 5.69 Å². The molecule has 0 amide bonds. The molecule has 19 heavy (non-hydrogen) atoms. The van der Waals surface area contributed by atoms with E-state index < -0.39 is 0 Å². The highest BCUT2D eigenvalue weighted by molar-refractivity contribution is 5.45. The average Bonchev–Trinajstić information content (AvgIpc) is 2.47. The molecule has 0 atom stereocenters. The van der Waals surface area contributed by atoms with Crippen LogP contribution in [0.5, 0.6) is 0 Å². The molecule has 1 saturated carbocycles. The number of nitrogens with one attached hydrogen (secondary N) is 1. The fourth-order valence-electron chi connectivity index (χ4n) is 2.92. The molecule has 3 heteroatoms. The molecule has 1 aromatic rings. The predicted octanol–water partition coefficient (Wildman–Crippen LogP) is 3.19. The zero-order valence-corrected chi connectivity index (χ0v) is 11.8. The van der Waals surface area contributed by atoms with Gasteiger partial charge in [0.25, 0.3) is 0 Å². The summed E-state index contributed by atoms with van der Waals surface area (Å²) in [6.45, 7) is 1.79. The normalized spacial score (nSPS) is 18.2. The third-order valence-electron chi connectivity index (χ3n) is 4.16. The Labute approximate surface area is 116 Å². The van der Waals surface area contributed by atoms with Gasteiger partial charge in [-0.2, -0.15) is 0 Å². The third kappa shape index (κ3) is 3.95. The predicted molar refractivity (Wildman–Crippen MR) is 78.2 cm³/mol. The Bertz CT molecular complexity index is 386. The maximum absolute atomic E-state index is 9.70. The second kappa shape index (κ2) is 6.92. The maximum Gasteiger partial charge on any atom is 0.0713 e. The maximum atomic E-state index is 9.70. The molecule has 1 aromatic carbocycles. The molecule has 0 radical (unpaired) electrons. The second-order valence-electron chi connectivity index (χ2n) is 5.71. The van der Waals surface area contributed by atoms with E-state index in [1.807, 2.05) is 6.07 Å². The van der Waals surface area contributed by atoms with Gasteiger partial charge < -0.3 is 15.2 Å². The summed E-state index contributed by atoms with van der Waals surface area (Å²) >= 11 is 0. The first-order valence-electron chi connectivity index (χ1n) is 7.21. The Morgan fingerprint density at radius 3 is 2.74 bits per heavy atom. The summed E-state index contributed by atoms with van der Waals surface area (Å²) < 4.78 is 5.15. The van der Waals surface area contributed by atoms with Gasteiger partial charge in [-0.3, -0.25) is 0 Å². The minimum Gasteiger partial charge on any atom is -0.396 e. The number of aliphatic hydroxyl groups is 1. The lowest BCUT2D eigenvalue weighted by molar-refractivity contribution is 0.0944. The first kappa shape index (κ1) is 14.4. The number of methoxy groups -OCH3 is 1. The fourth-order valence-corrected chi connectivity index (χ4v) is 2.92. The van der Waals surface area contributed by atoms with Gasteiger partial charge in [-0.1, -0.05) is 31.4 Å². The number of hydrogen-bond donors (Lipinski definition) is 2. The van der Waals surface area contributed by atoms with Crippen LogP contribution in [0.25, 0.3) is 0 Å². The van der Waals surface area contributed by atoms with E-state index >= 15 is 0 Å². The number of hydrogen-bond acceptors (Lipinski definition) is 3. The third-order valence-corrected chi connectivity index (χ3v) is 4.16. The van der Waals surface area contributed by atoms with E-state index in [0.29, 0.717) is 6.61 Å². The van der Waals surface area contributed by atoms with Gasteiger partial charge in [-0.25, -0.2) is 0 Å². The first-order chi connectivity index (χ1) is 9.28. The summed E-state index contributed by atoms with van der Waals surface area (Å²) in [6.07, 6.45) is 6.06. The summed E-state index contributed by atoms with van der Waals surface area (Å²) in [5, 5.41) is 13.2. The van der Waals surface area contributed by atoms with Gasteiger partial charge in [0.05, 0.1) is 13.2 Å². The van der Waals surface area contributed by atoms with Crippen LogP contribution in [-0.4, -0.2) is 25.4 Å². The van der Waals surface area contributed by atoms with Crippen molar-refractivity contribution < 1.29 is 9.84 Å². The van der Waals surface area contributed by atoms with E-state index in [-0.39, 0.29) is 12.0 Å². The van der Waals surface area contributed by atoms with E-state index in [0.717, 1.165) is 25.1 Å². The monoisotopic (exact) mass is 263 g/mol. The minimum absolute atomic E-state index is 0.0789. The van der Waals surface area contributed by atoms with Gasteiger partial charge in [0.1, 0.15) is 0 Å². The molecule has 0 aliphatic heterocycles.